The number of fused-ring (bicyclic) bond motifs is 1. The molecule has 4 heteroatoms. The number of nitrogen functional groups attached to an aromatic ring is 1. The van der Waals surface area contributed by atoms with Crippen molar-refractivity contribution in [3.8, 4) is 0 Å². The minimum Gasteiger partial charge on any atom is -0.397 e. The zero-order valence-electron chi connectivity index (χ0n) is 9.69. The Kier molecular flexibility index (Phi) is 2.42. The number of rotatable bonds is 0. The van der Waals surface area contributed by atoms with Crippen LogP contribution >= 0.6 is 0 Å². The molecule has 84 valence electrons. The van der Waals surface area contributed by atoms with Crippen LogP contribution in [-0.2, 0) is 0 Å². The summed E-state index contributed by atoms with van der Waals surface area (Å²) in [7, 11) is 1.78. The molecule has 1 aromatic rings. The molecule has 4 nitrogen and oxygen atoms in total. The highest BCUT2D eigenvalue weighted by Crippen LogP contribution is 2.30. The molecule has 0 radical (unpaired) electrons. The quantitative estimate of drug-likeness (QED) is 0.674. The summed E-state index contributed by atoms with van der Waals surface area (Å²) in [5, 5.41) is 0. The Labute approximate surface area is 94.8 Å². The number of benzene rings is 1. The molecule has 0 aliphatic carbocycles. The van der Waals surface area contributed by atoms with Gasteiger partial charge in [0.05, 0.1) is 23.0 Å². The van der Waals surface area contributed by atoms with Gasteiger partial charge in [-0.1, -0.05) is 6.07 Å². The third-order valence-corrected chi connectivity index (χ3v) is 3.09. The first-order valence-electron chi connectivity index (χ1n) is 5.23. The van der Waals surface area contributed by atoms with Crippen molar-refractivity contribution in [3.63, 3.8) is 0 Å². The Balaban J connectivity index is 2.68. The summed E-state index contributed by atoms with van der Waals surface area (Å²) in [4.78, 5) is 18.3. The lowest BCUT2D eigenvalue weighted by atomic mass is 10.1. The summed E-state index contributed by atoms with van der Waals surface area (Å²) >= 11 is 0. The van der Waals surface area contributed by atoms with Gasteiger partial charge in [-0.05, 0) is 26.0 Å². The Morgan fingerprint density at radius 2 is 2.12 bits per heavy atom. The van der Waals surface area contributed by atoms with E-state index in [2.05, 4.69) is 4.99 Å². The molecule has 16 heavy (non-hydrogen) atoms. The highest BCUT2D eigenvalue weighted by molar-refractivity contribution is 6.07. The normalized spacial score (nSPS) is 20.2. The molecule has 0 saturated carbocycles. The Bertz CT molecular complexity index is 479. The van der Waals surface area contributed by atoms with E-state index in [-0.39, 0.29) is 11.9 Å². The molecule has 0 saturated heterocycles. The van der Waals surface area contributed by atoms with Gasteiger partial charge in [0, 0.05) is 12.8 Å². The first kappa shape index (κ1) is 10.7. The highest BCUT2D eigenvalue weighted by Gasteiger charge is 2.26. The van der Waals surface area contributed by atoms with E-state index >= 15 is 0 Å². The lowest BCUT2D eigenvalue weighted by Crippen LogP contribution is -2.38. The molecular weight excluding hydrogens is 202 g/mol. The molecule has 2 rings (SSSR count). The summed E-state index contributed by atoms with van der Waals surface area (Å²) in [5.41, 5.74) is 8.47. The van der Waals surface area contributed by atoms with E-state index in [0.717, 1.165) is 5.71 Å². The molecule has 1 aliphatic heterocycles. The monoisotopic (exact) mass is 217 g/mol. The average Bonchev–Trinajstić information content (AvgIpc) is 2.34. The predicted molar refractivity (Wildman–Crippen MR) is 65.2 cm³/mol. The fraction of sp³-hybridized carbons (Fsp3) is 0.333. The van der Waals surface area contributed by atoms with Crippen molar-refractivity contribution in [1.82, 2.24) is 4.90 Å². The maximum absolute atomic E-state index is 12.1. The van der Waals surface area contributed by atoms with E-state index in [1.54, 1.807) is 30.1 Å². The van der Waals surface area contributed by atoms with Gasteiger partial charge in [0.25, 0.3) is 5.91 Å². The largest absolute Gasteiger partial charge is 0.397 e. The number of hydrogen-bond donors (Lipinski definition) is 1. The van der Waals surface area contributed by atoms with E-state index in [4.69, 9.17) is 5.73 Å². The number of hydrogen-bond acceptors (Lipinski definition) is 3. The Morgan fingerprint density at radius 3 is 2.81 bits per heavy atom. The zero-order chi connectivity index (χ0) is 11.9. The van der Waals surface area contributed by atoms with Crippen molar-refractivity contribution >= 4 is 23.0 Å². The van der Waals surface area contributed by atoms with Crippen molar-refractivity contribution in [2.24, 2.45) is 4.99 Å². The minimum absolute atomic E-state index is 0.000648. The standard InChI is InChI=1S/C12H15N3O/c1-7-8(2)15(3)12(16)9-5-4-6-10(13)11(9)14-7/h4-6,8H,13H2,1-3H3. The summed E-state index contributed by atoms with van der Waals surface area (Å²) in [6, 6.07) is 5.30. The molecule has 1 aromatic carbocycles. The zero-order valence-corrected chi connectivity index (χ0v) is 9.69. The van der Waals surface area contributed by atoms with Crippen LogP contribution in [0.2, 0.25) is 0 Å². The molecule has 2 N–H and O–H groups in total. The Hall–Kier alpha value is -1.84. The van der Waals surface area contributed by atoms with E-state index in [0.29, 0.717) is 16.9 Å². The number of carbonyl (C=O) groups is 1. The van der Waals surface area contributed by atoms with Gasteiger partial charge in [0.15, 0.2) is 0 Å². The van der Waals surface area contributed by atoms with Gasteiger partial charge in [0.1, 0.15) is 0 Å². The topological polar surface area (TPSA) is 58.7 Å². The number of para-hydroxylation sites is 1. The van der Waals surface area contributed by atoms with Crippen molar-refractivity contribution < 1.29 is 4.79 Å². The van der Waals surface area contributed by atoms with E-state index < -0.39 is 0 Å². The molecule has 1 atom stereocenters. The summed E-state index contributed by atoms with van der Waals surface area (Å²) < 4.78 is 0. The molecule has 1 amide bonds. The van der Waals surface area contributed by atoms with Crippen LogP contribution in [0.3, 0.4) is 0 Å². The summed E-state index contributed by atoms with van der Waals surface area (Å²) in [5.74, 6) is -0.0320. The van der Waals surface area contributed by atoms with Gasteiger partial charge in [-0.2, -0.15) is 0 Å². The van der Waals surface area contributed by atoms with Gasteiger partial charge >= 0.3 is 0 Å². The second kappa shape index (κ2) is 3.63. The molecule has 1 heterocycles. The van der Waals surface area contributed by atoms with Crippen molar-refractivity contribution in [3.05, 3.63) is 23.8 Å². The summed E-state index contributed by atoms with van der Waals surface area (Å²) in [6.45, 7) is 3.87. The van der Waals surface area contributed by atoms with Crippen LogP contribution < -0.4 is 5.73 Å². The van der Waals surface area contributed by atoms with Gasteiger partial charge in [-0.25, -0.2) is 0 Å². The number of aliphatic imine (C=N–C) groups is 1. The highest BCUT2D eigenvalue weighted by atomic mass is 16.2. The number of nitrogens with zero attached hydrogens (tertiary/aromatic N) is 2. The van der Waals surface area contributed by atoms with Crippen LogP contribution in [0, 0.1) is 0 Å². The van der Waals surface area contributed by atoms with Gasteiger partial charge in [-0.3, -0.25) is 9.79 Å². The van der Waals surface area contributed by atoms with Crippen molar-refractivity contribution in [2.75, 3.05) is 12.8 Å². The van der Waals surface area contributed by atoms with Crippen LogP contribution in [0.4, 0.5) is 11.4 Å². The van der Waals surface area contributed by atoms with E-state index in [1.165, 1.54) is 0 Å². The van der Waals surface area contributed by atoms with Gasteiger partial charge in [-0.15, -0.1) is 0 Å². The van der Waals surface area contributed by atoms with Crippen LogP contribution in [0.1, 0.15) is 24.2 Å². The van der Waals surface area contributed by atoms with Crippen LogP contribution in [0.5, 0.6) is 0 Å². The molecule has 0 fully saturated rings. The van der Waals surface area contributed by atoms with E-state index in [9.17, 15) is 4.79 Å². The first-order chi connectivity index (χ1) is 7.52. The number of nitrogens with two attached hydrogens (primary N) is 1. The second-order valence-electron chi connectivity index (χ2n) is 4.09. The van der Waals surface area contributed by atoms with Gasteiger partial charge < -0.3 is 10.6 Å². The van der Waals surface area contributed by atoms with Crippen molar-refractivity contribution in [1.29, 1.82) is 0 Å². The maximum atomic E-state index is 12.1. The average molecular weight is 217 g/mol. The van der Waals surface area contributed by atoms with Crippen LogP contribution in [-0.4, -0.2) is 29.6 Å². The number of carbonyl (C=O) groups excluding carboxylic acids is 1. The fourth-order valence-corrected chi connectivity index (χ4v) is 1.77. The van der Waals surface area contributed by atoms with Crippen LogP contribution in [0.25, 0.3) is 0 Å². The molecular formula is C12H15N3O. The summed E-state index contributed by atoms with van der Waals surface area (Å²) in [6.07, 6.45) is 0. The van der Waals surface area contributed by atoms with Gasteiger partial charge in [0.2, 0.25) is 0 Å². The maximum Gasteiger partial charge on any atom is 0.256 e. The number of anilines is 1. The molecule has 0 bridgehead atoms. The predicted octanol–water partition coefficient (Wildman–Crippen LogP) is 1.84. The lowest BCUT2D eigenvalue weighted by Gasteiger charge is -2.22. The van der Waals surface area contributed by atoms with E-state index in [1.807, 2.05) is 13.8 Å². The lowest BCUT2D eigenvalue weighted by molar-refractivity contribution is 0.0781. The third-order valence-electron chi connectivity index (χ3n) is 3.09. The molecule has 1 unspecified atom stereocenters. The molecule has 1 aliphatic rings. The number of amides is 1. The second-order valence-corrected chi connectivity index (χ2v) is 4.09. The Morgan fingerprint density at radius 1 is 1.44 bits per heavy atom. The smallest absolute Gasteiger partial charge is 0.256 e. The van der Waals surface area contributed by atoms with Crippen molar-refractivity contribution in [2.45, 2.75) is 19.9 Å². The SMILES string of the molecule is CC1=Nc2c(N)cccc2C(=O)N(C)C1C. The molecule has 0 spiro atoms. The third kappa shape index (κ3) is 1.46. The van der Waals surface area contributed by atoms with Crippen LogP contribution in [0.15, 0.2) is 23.2 Å². The minimum atomic E-state index is -0.0320. The first-order valence-corrected chi connectivity index (χ1v) is 5.23. The fourth-order valence-electron chi connectivity index (χ4n) is 1.77. The molecule has 0 aromatic heterocycles.